The molecular weight excluding hydrogens is 348 g/mol. The molecule has 0 spiro atoms. The van der Waals surface area contributed by atoms with Gasteiger partial charge in [0, 0.05) is 4.47 Å². The van der Waals surface area contributed by atoms with E-state index in [1.807, 2.05) is 13.0 Å². The Bertz CT molecular complexity index is 640. The maximum absolute atomic E-state index is 10.9. The van der Waals surface area contributed by atoms with Crippen LogP contribution in [0.15, 0.2) is 27.1 Å². The van der Waals surface area contributed by atoms with Gasteiger partial charge in [0.25, 0.3) is 0 Å². The predicted molar refractivity (Wildman–Crippen MR) is 78.6 cm³/mol. The van der Waals surface area contributed by atoms with Crippen molar-refractivity contribution in [3.05, 3.63) is 50.3 Å². The molecule has 0 saturated carbocycles. The lowest BCUT2D eigenvalue weighted by Gasteiger charge is -2.10. The first-order chi connectivity index (χ1) is 9.38. The molecule has 0 atom stereocenters. The number of benzene rings is 1. The van der Waals surface area contributed by atoms with E-state index < -0.39 is 5.97 Å². The van der Waals surface area contributed by atoms with Crippen LogP contribution in [0.5, 0.6) is 5.75 Å². The Balaban J connectivity index is 2.17. The highest BCUT2D eigenvalue weighted by Gasteiger charge is 2.15. The first-order valence-electron chi connectivity index (χ1n) is 5.79. The molecule has 1 heterocycles. The third-order valence-corrected chi connectivity index (χ3v) is 3.49. The number of carbonyl (C=O) groups is 1. The molecule has 20 heavy (non-hydrogen) atoms. The molecule has 4 nitrogen and oxygen atoms in total. The van der Waals surface area contributed by atoms with E-state index in [-0.39, 0.29) is 12.2 Å². The summed E-state index contributed by atoms with van der Waals surface area (Å²) in [6, 6.07) is 5.08. The van der Waals surface area contributed by atoms with Gasteiger partial charge in [-0.25, -0.2) is 4.79 Å². The summed E-state index contributed by atoms with van der Waals surface area (Å²) < 4.78 is 11.8. The molecule has 0 aliphatic carbocycles. The van der Waals surface area contributed by atoms with Crippen molar-refractivity contribution in [2.75, 3.05) is 0 Å². The van der Waals surface area contributed by atoms with E-state index in [4.69, 9.17) is 25.9 Å². The molecule has 0 amide bonds. The van der Waals surface area contributed by atoms with Crippen LogP contribution in [0.4, 0.5) is 0 Å². The SMILES string of the molecule is Cc1cc(Br)cc(Cl)c1OCc1cc(C(=O)O)c(C)o1. The van der Waals surface area contributed by atoms with E-state index in [0.717, 1.165) is 10.0 Å². The lowest BCUT2D eigenvalue weighted by atomic mass is 10.2. The number of halogens is 2. The number of hydrogen-bond acceptors (Lipinski definition) is 3. The van der Waals surface area contributed by atoms with Crippen molar-refractivity contribution >= 4 is 33.5 Å². The van der Waals surface area contributed by atoms with Gasteiger partial charge in [-0.05, 0) is 37.6 Å². The van der Waals surface area contributed by atoms with Crippen molar-refractivity contribution in [1.29, 1.82) is 0 Å². The van der Waals surface area contributed by atoms with Crippen LogP contribution in [0.3, 0.4) is 0 Å². The minimum absolute atomic E-state index is 0.121. The van der Waals surface area contributed by atoms with Crippen molar-refractivity contribution in [1.82, 2.24) is 0 Å². The minimum atomic E-state index is -1.02. The maximum atomic E-state index is 10.9. The summed E-state index contributed by atoms with van der Waals surface area (Å²) in [5.74, 6) is 0.337. The van der Waals surface area contributed by atoms with E-state index >= 15 is 0 Å². The number of ether oxygens (including phenoxy) is 1. The van der Waals surface area contributed by atoms with Gasteiger partial charge in [0.05, 0.1) is 5.02 Å². The van der Waals surface area contributed by atoms with Gasteiger partial charge in [0.1, 0.15) is 29.4 Å². The third kappa shape index (κ3) is 3.16. The largest absolute Gasteiger partial charge is 0.484 e. The first kappa shape index (κ1) is 14.9. The zero-order valence-corrected chi connectivity index (χ0v) is 13.2. The van der Waals surface area contributed by atoms with Crippen molar-refractivity contribution in [3.63, 3.8) is 0 Å². The van der Waals surface area contributed by atoms with Gasteiger partial charge in [-0.3, -0.25) is 0 Å². The maximum Gasteiger partial charge on any atom is 0.339 e. The highest BCUT2D eigenvalue weighted by atomic mass is 79.9. The normalized spacial score (nSPS) is 10.6. The predicted octanol–water partition coefficient (Wildman–Crippen LogP) is 4.59. The Kier molecular flexibility index (Phi) is 4.40. The second-order valence-electron chi connectivity index (χ2n) is 4.31. The van der Waals surface area contributed by atoms with E-state index in [1.165, 1.54) is 6.07 Å². The molecule has 0 aliphatic heterocycles. The summed E-state index contributed by atoms with van der Waals surface area (Å²) in [4.78, 5) is 10.9. The van der Waals surface area contributed by atoms with Crippen molar-refractivity contribution < 1.29 is 19.1 Å². The van der Waals surface area contributed by atoms with Crippen LogP contribution in [0.25, 0.3) is 0 Å². The molecule has 1 aromatic heterocycles. The fourth-order valence-electron chi connectivity index (χ4n) is 1.84. The van der Waals surface area contributed by atoms with E-state index in [0.29, 0.717) is 22.3 Å². The highest BCUT2D eigenvalue weighted by Crippen LogP contribution is 2.32. The van der Waals surface area contributed by atoms with Gasteiger partial charge in [-0.15, -0.1) is 0 Å². The Morgan fingerprint density at radius 2 is 2.10 bits per heavy atom. The van der Waals surface area contributed by atoms with Crippen LogP contribution >= 0.6 is 27.5 Å². The molecule has 0 aliphatic rings. The monoisotopic (exact) mass is 358 g/mol. The zero-order chi connectivity index (χ0) is 14.9. The molecule has 0 unspecified atom stereocenters. The average molecular weight is 360 g/mol. The van der Waals surface area contributed by atoms with Gasteiger partial charge in [0.2, 0.25) is 0 Å². The molecule has 1 aromatic carbocycles. The molecule has 0 radical (unpaired) electrons. The fourth-order valence-corrected chi connectivity index (χ4v) is 2.87. The second-order valence-corrected chi connectivity index (χ2v) is 5.63. The summed E-state index contributed by atoms with van der Waals surface area (Å²) in [7, 11) is 0. The smallest absolute Gasteiger partial charge is 0.339 e. The van der Waals surface area contributed by atoms with Crippen LogP contribution < -0.4 is 4.74 Å². The molecule has 0 bridgehead atoms. The van der Waals surface area contributed by atoms with Gasteiger partial charge in [-0.2, -0.15) is 0 Å². The Labute approximate surface area is 129 Å². The van der Waals surface area contributed by atoms with Crippen LogP contribution in [-0.4, -0.2) is 11.1 Å². The number of carboxylic acids is 1. The summed E-state index contributed by atoms with van der Waals surface area (Å²) in [6.07, 6.45) is 0. The molecule has 106 valence electrons. The molecule has 1 N–H and O–H groups in total. The second kappa shape index (κ2) is 5.89. The Morgan fingerprint density at radius 1 is 1.40 bits per heavy atom. The van der Waals surface area contributed by atoms with E-state index in [9.17, 15) is 4.79 Å². The zero-order valence-electron chi connectivity index (χ0n) is 10.9. The summed E-state index contributed by atoms with van der Waals surface area (Å²) in [5, 5.41) is 9.44. The molecule has 0 saturated heterocycles. The third-order valence-electron chi connectivity index (χ3n) is 2.75. The van der Waals surface area contributed by atoms with E-state index in [2.05, 4.69) is 15.9 Å². The molecular formula is C14H12BrClO4. The quantitative estimate of drug-likeness (QED) is 0.867. The van der Waals surface area contributed by atoms with Crippen molar-refractivity contribution in [3.8, 4) is 5.75 Å². The summed E-state index contributed by atoms with van der Waals surface area (Å²) in [6.45, 7) is 3.60. The van der Waals surface area contributed by atoms with Crippen molar-refractivity contribution in [2.45, 2.75) is 20.5 Å². The van der Waals surface area contributed by atoms with Crippen LogP contribution in [0.1, 0.15) is 27.4 Å². The summed E-state index contributed by atoms with van der Waals surface area (Å²) in [5.41, 5.74) is 1.02. The van der Waals surface area contributed by atoms with Crippen molar-refractivity contribution in [2.24, 2.45) is 0 Å². The van der Waals surface area contributed by atoms with Gasteiger partial charge in [-0.1, -0.05) is 27.5 Å². The van der Waals surface area contributed by atoms with E-state index in [1.54, 1.807) is 13.0 Å². The first-order valence-corrected chi connectivity index (χ1v) is 6.96. The van der Waals surface area contributed by atoms with Crippen LogP contribution in [0, 0.1) is 13.8 Å². The fraction of sp³-hybridized carbons (Fsp3) is 0.214. The van der Waals surface area contributed by atoms with Gasteiger partial charge in [0.15, 0.2) is 0 Å². The molecule has 6 heteroatoms. The lowest BCUT2D eigenvalue weighted by molar-refractivity contribution is 0.0695. The number of aromatic carboxylic acids is 1. The molecule has 0 fully saturated rings. The minimum Gasteiger partial charge on any atom is -0.484 e. The number of aryl methyl sites for hydroxylation is 2. The number of hydrogen-bond donors (Lipinski definition) is 1. The summed E-state index contributed by atoms with van der Waals surface area (Å²) >= 11 is 9.46. The Hall–Kier alpha value is -1.46. The number of rotatable bonds is 4. The molecule has 2 rings (SSSR count). The van der Waals surface area contributed by atoms with Crippen LogP contribution in [0.2, 0.25) is 5.02 Å². The Morgan fingerprint density at radius 3 is 2.65 bits per heavy atom. The standard InChI is InChI=1S/C14H12BrClO4/c1-7-3-9(15)4-12(16)13(7)19-6-10-5-11(14(17)18)8(2)20-10/h3-5H,6H2,1-2H3,(H,17,18). The van der Waals surface area contributed by atoms with Gasteiger partial charge < -0.3 is 14.3 Å². The van der Waals surface area contributed by atoms with Crippen LogP contribution in [-0.2, 0) is 6.61 Å². The average Bonchev–Trinajstić information content (AvgIpc) is 2.69. The highest BCUT2D eigenvalue weighted by molar-refractivity contribution is 9.10. The number of carboxylic acid groups (broad SMARTS) is 1. The topological polar surface area (TPSA) is 59.7 Å². The molecule has 2 aromatic rings. The number of furan rings is 1. The van der Waals surface area contributed by atoms with Gasteiger partial charge >= 0.3 is 5.97 Å². The lowest BCUT2D eigenvalue weighted by Crippen LogP contribution is -1.97.